The Bertz CT molecular complexity index is 1560. The summed E-state index contributed by atoms with van der Waals surface area (Å²) in [5.41, 5.74) is 4.28. The average molecular weight is 612 g/mol. The van der Waals surface area contributed by atoms with Gasteiger partial charge in [-0.05, 0) is 48.7 Å². The van der Waals surface area contributed by atoms with E-state index in [1.807, 2.05) is 65.6 Å². The minimum Gasteiger partial charge on any atom is -0.463 e. The normalized spacial score (nSPS) is 17.8. The summed E-state index contributed by atoms with van der Waals surface area (Å²) in [6.07, 6.45) is 4.39. The molecule has 228 valence electrons. The molecule has 1 fully saturated rings. The predicted molar refractivity (Wildman–Crippen MR) is 173 cm³/mol. The molecule has 0 spiro atoms. The van der Waals surface area contributed by atoms with Crippen molar-refractivity contribution in [1.29, 1.82) is 0 Å². The van der Waals surface area contributed by atoms with E-state index in [0.717, 1.165) is 30.8 Å². The molecule has 0 aliphatic carbocycles. The van der Waals surface area contributed by atoms with E-state index >= 15 is 0 Å². The molecule has 44 heavy (non-hydrogen) atoms. The number of allylic oxidation sites excluding steroid dienone is 1. The molecule has 0 saturated carbocycles. The van der Waals surface area contributed by atoms with Gasteiger partial charge in [-0.15, -0.1) is 0 Å². The van der Waals surface area contributed by atoms with Gasteiger partial charge in [0.2, 0.25) is 5.91 Å². The molecule has 3 aromatic carbocycles. The molecule has 7 nitrogen and oxygen atoms in total. The highest BCUT2D eigenvalue weighted by molar-refractivity contribution is 6.31. The van der Waals surface area contributed by atoms with Crippen LogP contribution in [0, 0.1) is 0 Å². The number of esters is 1. The third kappa shape index (κ3) is 7.29. The number of halogens is 1. The van der Waals surface area contributed by atoms with Gasteiger partial charge >= 0.3 is 5.97 Å². The molecule has 2 aliphatic heterocycles. The van der Waals surface area contributed by atoms with E-state index in [2.05, 4.69) is 29.2 Å². The van der Waals surface area contributed by atoms with Crippen LogP contribution in [0.3, 0.4) is 0 Å². The van der Waals surface area contributed by atoms with E-state index in [4.69, 9.17) is 16.3 Å². The molecule has 1 atom stereocenters. The highest BCUT2D eigenvalue weighted by atomic mass is 35.5. The Morgan fingerprint density at radius 3 is 2.41 bits per heavy atom. The number of benzene rings is 3. The van der Waals surface area contributed by atoms with Crippen molar-refractivity contribution in [2.75, 3.05) is 39.3 Å². The fraction of sp³-hybridized carbons (Fsp3) is 0.306. The van der Waals surface area contributed by atoms with Crippen LogP contribution in [0.15, 0.2) is 96.2 Å². The second kappa shape index (κ2) is 14.5. The van der Waals surface area contributed by atoms with Gasteiger partial charge in [-0.3, -0.25) is 14.5 Å². The molecule has 2 amide bonds. The van der Waals surface area contributed by atoms with Gasteiger partial charge in [0.15, 0.2) is 0 Å². The van der Waals surface area contributed by atoms with Crippen LogP contribution in [0.4, 0.5) is 0 Å². The minimum absolute atomic E-state index is 0.0189. The van der Waals surface area contributed by atoms with Crippen molar-refractivity contribution in [1.82, 2.24) is 14.7 Å². The lowest BCUT2D eigenvalue weighted by Crippen LogP contribution is -2.48. The van der Waals surface area contributed by atoms with Crippen molar-refractivity contribution in [3.63, 3.8) is 0 Å². The van der Waals surface area contributed by atoms with Crippen LogP contribution in [-0.4, -0.2) is 71.8 Å². The summed E-state index contributed by atoms with van der Waals surface area (Å²) >= 11 is 6.49. The average Bonchev–Trinajstić information content (AvgIpc) is 3.04. The fourth-order valence-electron chi connectivity index (χ4n) is 5.90. The summed E-state index contributed by atoms with van der Waals surface area (Å²) in [5, 5.41) is 0.504. The smallest absolute Gasteiger partial charge is 0.336 e. The van der Waals surface area contributed by atoms with Crippen molar-refractivity contribution in [2.45, 2.75) is 32.7 Å². The molecule has 0 aromatic heterocycles. The second-order valence-electron chi connectivity index (χ2n) is 11.1. The molecule has 1 saturated heterocycles. The Hall–Kier alpha value is -4.20. The number of rotatable bonds is 9. The monoisotopic (exact) mass is 611 g/mol. The van der Waals surface area contributed by atoms with Crippen LogP contribution in [0.5, 0.6) is 0 Å². The predicted octanol–water partition coefficient (Wildman–Crippen LogP) is 6.16. The van der Waals surface area contributed by atoms with Crippen LogP contribution < -0.4 is 0 Å². The molecule has 2 heterocycles. The molecule has 0 bridgehead atoms. The van der Waals surface area contributed by atoms with Crippen molar-refractivity contribution in [3.05, 3.63) is 123 Å². The molecule has 8 heteroatoms. The molecule has 2 aliphatic rings. The van der Waals surface area contributed by atoms with Gasteiger partial charge in [-0.1, -0.05) is 84.4 Å². The number of nitrogens with zero attached hydrogens (tertiary/aromatic N) is 3. The van der Waals surface area contributed by atoms with Gasteiger partial charge in [0.05, 0.1) is 18.7 Å². The molecule has 0 N–H and O–H groups in total. The third-order valence-corrected chi connectivity index (χ3v) is 8.59. The first kappa shape index (κ1) is 31.2. The van der Waals surface area contributed by atoms with Crippen molar-refractivity contribution in [3.8, 4) is 0 Å². The SMILES string of the molecule is CCOC(=O)C1=C(C)N(Cc2cccc(C(=O)N3CCN(CC=Cc4ccccc4)CC3)c2)C(=O)CC1c1ccccc1Cl. The van der Waals surface area contributed by atoms with Crippen molar-refractivity contribution < 1.29 is 19.1 Å². The van der Waals surface area contributed by atoms with Crippen LogP contribution in [0.25, 0.3) is 6.08 Å². The largest absolute Gasteiger partial charge is 0.463 e. The molecular weight excluding hydrogens is 574 g/mol. The van der Waals surface area contributed by atoms with Gasteiger partial charge in [0, 0.05) is 61.3 Å². The Morgan fingerprint density at radius 1 is 0.955 bits per heavy atom. The lowest BCUT2D eigenvalue weighted by Gasteiger charge is -2.35. The fourth-order valence-corrected chi connectivity index (χ4v) is 6.17. The van der Waals surface area contributed by atoms with E-state index in [9.17, 15) is 14.4 Å². The van der Waals surface area contributed by atoms with Gasteiger partial charge in [0.1, 0.15) is 0 Å². The van der Waals surface area contributed by atoms with Gasteiger partial charge in [-0.2, -0.15) is 0 Å². The van der Waals surface area contributed by atoms with Crippen LogP contribution >= 0.6 is 11.6 Å². The number of ether oxygens (including phenoxy) is 1. The number of amides is 2. The van der Waals surface area contributed by atoms with E-state index < -0.39 is 11.9 Å². The molecule has 5 rings (SSSR count). The number of carbonyl (C=O) groups is 3. The first-order valence-corrected chi connectivity index (χ1v) is 15.5. The number of carbonyl (C=O) groups excluding carboxylic acids is 3. The standard InChI is InChI=1S/C36H38ClN3O4/c1-3-44-36(43)34-26(2)40(33(41)24-31(34)30-16-7-8-17-32(30)37)25-28-13-9-15-29(23-28)35(42)39-21-19-38(20-22-39)18-10-14-27-11-5-4-6-12-27/h4-17,23,31H,3,18-22,24-25H2,1-2H3. The Morgan fingerprint density at radius 2 is 1.68 bits per heavy atom. The zero-order valence-electron chi connectivity index (χ0n) is 25.2. The van der Waals surface area contributed by atoms with Crippen molar-refractivity contribution in [2.24, 2.45) is 0 Å². The van der Waals surface area contributed by atoms with Crippen LogP contribution in [-0.2, 0) is 20.9 Å². The van der Waals surface area contributed by atoms with E-state index in [0.29, 0.717) is 34.9 Å². The number of hydrogen-bond donors (Lipinski definition) is 0. The molecule has 1 unspecified atom stereocenters. The maximum absolute atomic E-state index is 13.5. The lowest BCUT2D eigenvalue weighted by molar-refractivity contribution is -0.140. The number of hydrogen-bond acceptors (Lipinski definition) is 5. The van der Waals surface area contributed by atoms with Gasteiger partial charge in [-0.25, -0.2) is 4.79 Å². The maximum Gasteiger partial charge on any atom is 0.336 e. The maximum atomic E-state index is 13.5. The summed E-state index contributed by atoms with van der Waals surface area (Å²) in [6, 6.07) is 24.9. The second-order valence-corrected chi connectivity index (χ2v) is 11.5. The zero-order chi connectivity index (χ0) is 31.1. The number of piperazine rings is 1. The van der Waals surface area contributed by atoms with E-state index in [1.54, 1.807) is 24.8 Å². The Kier molecular flexibility index (Phi) is 10.3. The Balaban J connectivity index is 1.27. The summed E-state index contributed by atoms with van der Waals surface area (Å²) in [7, 11) is 0. The molecule has 3 aromatic rings. The van der Waals surface area contributed by atoms with Crippen molar-refractivity contribution >= 4 is 35.5 Å². The highest BCUT2D eigenvalue weighted by Gasteiger charge is 2.37. The van der Waals surface area contributed by atoms with Crippen LogP contribution in [0.1, 0.15) is 53.2 Å². The first-order valence-electron chi connectivity index (χ1n) is 15.1. The third-order valence-electron chi connectivity index (χ3n) is 8.25. The van der Waals surface area contributed by atoms with E-state index in [1.165, 1.54) is 5.56 Å². The minimum atomic E-state index is -0.494. The summed E-state index contributed by atoms with van der Waals surface area (Å²) in [5.74, 6) is -1.08. The molecular formula is C36H38ClN3O4. The summed E-state index contributed by atoms with van der Waals surface area (Å²) in [4.78, 5) is 45.9. The summed E-state index contributed by atoms with van der Waals surface area (Å²) in [6.45, 7) is 7.76. The van der Waals surface area contributed by atoms with Crippen LogP contribution in [0.2, 0.25) is 5.02 Å². The zero-order valence-corrected chi connectivity index (χ0v) is 26.0. The topological polar surface area (TPSA) is 70.2 Å². The first-order chi connectivity index (χ1) is 21.4. The Labute approximate surface area is 264 Å². The van der Waals surface area contributed by atoms with Gasteiger partial charge < -0.3 is 14.5 Å². The quantitative estimate of drug-likeness (QED) is 0.271. The van der Waals surface area contributed by atoms with E-state index in [-0.39, 0.29) is 31.4 Å². The molecule has 0 radical (unpaired) electrons. The summed E-state index contributed by atoms with van der Waals surface area (Å²) < 4.78 is 5.41. The highest BCUT2D eigenvalue weighted by Crippen LogP contribution is 2.40. The van der Waals surface area contributed by atoms with Gasteiger partial charge in [0.25, 0.3) is 5.91 Å². The lowest BCUT2D eigenvalue weighted by atomic mass is 9.83.